The van der Waals surface area contributed by atoms with Gasteiger partial charge in [0.15, 0.2) is 0 Å². The minimum Gasteiger partial charge on any atom is -0.144 e. The Morgan fingerprint density at radius 1 is 0.889 bits per heavy atom. The van der Waals surface area contributed by atoms with Gasteiger partial charge in [-0.25, -0.2) is 0 Å². The first-order chi connectivity index (χ1) is 8.60. The van der Waals surface area contributed by atoms with E-state index < -0.39 is 8.07 Å². The largest absolute Gasteiger partial charge is 0.144 e. The van der Waals surface area contributed by atoms with Gasteiger partial charge in [-0.2, -0.15) is 0 Å². The molecule has 2 heteroatoms. The highest BCUT2D eigenvalue weighted by Gasteiger charge is 2.50. The van der Waals surface area contributed by atoms with Crippen LogP contribution >= 0.6 is 11.3 Å². The molecule has 0 atom stereocenters. The van der Waals surface area contributed by atoms with Crippen molar-refractivity contribution in [2.24, 2.45) is 0 Å². The molecule has 0 nitrogen and oxygen atoms in total. The first-order valence-corrected chi connectivity index (χ1v) is 9.81. The number of thiophene rings is 1. The third-order valence-corrected chi connectivity index (χ3v) is 12.0. The van der Waals surface area contributed by atoms with Crippen LogP contribution in [0.5, 0.6) is 0 Å². The van der Waals surface area contributed by atoms with E-state index in [1.807, 2.05) is 11.3 Å². The van der Waals surface area contributed by atoms with Crippen LogP contribution in [-0.4, -0.2) is 8.07 Å². The molecule has 0 spiro atoms. The van der Waals surface area contributed by atoms with E-state index in [1.165, 1.54) is 5.56 Å². The van der Waals surface area contributed by atoms with E-state index in [4.69, 9.17) is 0 Å². The van der Waals surface area contributed by atoms with Crippen molar-refractivity contribution >= 4 is 29.8 Å². The molecule has 0 saturated heterocycles. The molecule has 18 heavy (non-hydrogen) atoms. The lowest BCUT2D eigenvalue weighted by molar-refractivity contribution is 0.931. The predicted molar refractivity (Wildman–Crippen MR) is 85.0 cm³/mol. The first kappa shape index (κ1) is 12.2. The molecule has 0 radical (unpaired) electrons. The molecule has 0 bridgehead atoms. The summed E-state index contributed by atoms with van der Waals surface area (Å²) in [4.78, 5) is 1.56. The molecule has 0 amide bonds. The fraction of sp³-hybridized carbons (Fsp3) is 0.375. The summed E-state index contributed by atoms with van der Waals surface area (Å²) in [6.07, 6.45) is 0. The molecular weight excluding hydrogens is 252 g/mol. The lowest BCUT2D eigenvalue weighted by Gasteiger charge is -2.37. The minimum absolute atomic E-state index is 0.759. The SMILES string of the molecule is CC(C)[Si]1(C(C)C)c2ccccc2-c2sccc21. The van der Waals surface area contributed by atoms with Crippen LogP contribution in [0.3, 0.4) is 0 Å². The van der Waals surface area contributed by atoms with E-state index >= 15 is 0 Å². The van der Waals surface area contributed by atoms with E-state index in [2.05, 4.69) is 63.4 Å². The molecule has 94 valence electrons. The zero-order valence-electron chi connectivity index (χ0n) is 11.5. The summed E-state index contributed by atoms with van der Waals surface area (Å²) in [5.74, 6) is 0. The van der Waals surface area contributed by atoms with Crippen molar-refractivity contribution in [1.82, 2.24) is 0 Å². The standard InChI is InChI=1S/C16H20SSi/c1-11(2)18(12(3)4)14-8-6-5-7-13(14)16-15(18)9-10-17-16/h5-12H,1-4H3. The van der Waals surface area contributed by atoms with Gasteiger partial charge in [0.05, 0.1) is 0 Å². The Balaban J connectivity index is 2.40. The Kier molecular flexibility index (Phi) is 2.76. The number of fused-ring (bicyclic) bond motifs is 3. The third-order valence-electron chi connectivity index (χ3n) is 4.55. The van der Waals surface area contributed by atoms with Gasteiger partial charge >= 0.3 is 0 Å². The summed E-state index contributed by atoms with van der Waals surface area (Å²) in [5.41, 5.74) is 3.04. The smallest absolute Gasteiger partial charge is 0.125 e. The summed E-state index contributed by atoms with van der Waals surface area (Å²) < 4.78 is 0. The Morgan fingerprint density at radius 3 is 2.22 bits per heavy atom. The Labute approximate surface area is 115 Å². The second kappa shape index (κ2) is 4.07. The predicted octanol–water partition coefficient (Wildman–Crippen LogP) is 4.11. The van der Waals surface area contributed by atoms with Crippen LogP contribution in [0.1, 0.15) is 27.7 Å². The molecule has 0 aliphatic carbocycles. The average Bonchev–Trinajstić information content (AvgIpc) is 2.86. The zero-order valence-corrected chi connectivity index (χ0v) is 13.3. The topological polar surface area (TPSA) is 0 Å². The number of hydrogen-bond donors (Lipinski definition) is 0. The van der Waals surface area contributed by atoms with Crippen molar-refractivity contribution in [2.75, 3.05) is 0 Å². The van der Waals surface area contributed by atoms with Gasteiger partial charge in [-0.3, -0.25) is 0 Å². The molecule has 0 N–H and O–H groups in total. The fourth-order valence-corrected chi connectivity index (χ4v) is 11.7. The lowest BCUT2D eigenvalue weighted by atomic mass is 10.2. The highest BCUT2D eigenvalue weighted by molar-refractivity contribution is 7.20. The van der Waals surface area contributed by atoms with Gasteiger partial charge in [0.25, 0.3) is 0 Å². The van der Waals surface area contributed by atoms with Crippen molar-refractivity contribution in [2.45, 2.75) is 38.8 Å². The molecule has 1 aromatic carbocycles. The maximum absolute atomic E-state index is 2.43. The number of hydrogen-bond acceptors (Lipinski definition) is 1. The summed E-state index contributed by atoms with van der Waals surface area (Å²) in [6.45, 7) is 9.71. The average molecular weight is 272 g/mol. The van der Waals surface area contributed by atoms with Crippen molar-refractivity contribution in [3.8, 4) is 10.4 Å². The summed E-state index contributed by atoms with van der Waals surface area (Å²) >= 11 is 1.93. The van der Waals surface area contributed by atoms with E-state index in [-0.39, 0.29) is 0 Å². The second-order valence-electron chi connectivity index (χ2n) is 5.89. The van der Waals surface area contributed by atoms with Crippen molar-refractivity contribution < 1.29 is 0 Å². The molecule has 1 aliphatic rings. The molecule has 2 aromatic rings. The van der Waals surface area contributed by atoms with Gasteiger partial charge in [0, 0.05) is 4.88 Å². The van der Waals surface area contributed by atoms with E-state index in [9.17, 15) is 0 Å². The maximum atomic E-state index is 2.43. The number of benzene rings is 1. The molecular formula is C16H20SSi. The van der Waals surface area contributed by atoms with Crippen LogP contribution in [-0.2, 0) is 0 Å². The highest BCUT2D eigenvalue weighted by atomic mass is 32.1. The van der Waals surface area contributed by atoms with Crippen molar-refractivity contribution in [1.29, 1.82) is 0 Å². The van der Waals surface area contributed by atoms with Crippen molar-refractivity contribution in [3.05, 3.63) is 35.7 Å². The van der Waals surface area contributed by atoms with Crippen LogP contribution in [0.4, 0.5) is 0 Å². The molecule has 2 heterocycles. The zero-order chi connectivity index (χ0) is 12.9. The summed E-state index contributed by atoms with van der Waals surface area (Å²) in [6, 6.07) is 11.5. The lowest BCUT2D eigenvalue weighted by Crippen LogP contribution is -2.59. The van der Waals surface area contributed by atoms with Crippen LogP contribution in [0, 0.1) is 0 Å². The molecule has 0 fully saturated rings. The third kappa shape index (κ3) is 1.31. The van der Waals surface area contributed by atoms with Crippen LogP contribution in [0.15, 0.2) is 35.7 Å². The quantitative estimate of drug-likeness (QED) is 0.722. The van der Waals surface area contributed by atoms with Crippen molar-refractivity contribution in [3.63, 3.8) is 0 Å². The van der Waals surface area contributed by atoms with Gasteiger partial charge in [0.1, 0.15) is 8.07 Å². The van der Waals surface area contributed by atoms with Crippen LogP contribution in [0.25, 0.3) is 10.4 Å². The van der Waals surface area contributed by atoms with E-state index in [0.717, 1.165) is 11.1 Å². The summed E-state index contributed by atoms with van der Waals surface area (Å²) in [5, 5.41) is 5.66. The van der Waals surface area contributed by atoms with E-state index in [1.54, 1.807) is 15.3 Å². The highest BCUT2D eigenvalue weighted by Crippen LogP contribution is 2.42. The maximum Gasteiger partial charge on any atom is 0.125 e. The van der Waals surface area contributed by atoms with E-state index in [0.29, 0.717) is 0 Å². The molecule has 3 rings (SSSR count). The van der Waals surface area contributed by atoms with Gasteiger partial charge < -0.3 is 0 Å². The number of rotatable bonds is 2. The van der Waals surface area contributed by atoms with Crippen LogP contribution in [0.2, 0.25) is 11.1 Å². The Bertz CT molecular complexity index is 572. The molecule has 0 saturated carbocycles. The molecule has 0 unspecified atom stereocenters. The normalized spacial score (nSPS) is 16.1. The second-order valence-corrected chi connectivity index (χ2v) is 11.9. The first-order valence-electron chi connectivity index (χ1n) is 6.78. The monoisotopic (exact) mass is 272 g/mol. The Hall–Kier alpha value is -0.863. The Morgan fingerprint density at radius 2 is 1.56 bits per heavy atom. The fourth-order valence-electron chi connectivity index (χ4n) is 3.94. The van der Waals surface area contributed by atoms with Gasteiger partial charge in [-0.1, -0.05) is 58.0 Å². The van der Waals surface area contributed by atoms with Gasteiger partial charge in [-0.15, -0.1) is 11.3 Å². The van der Waals surface area contributed by atoms with Crippen LogP contribution < -0.4 is 10.4 Å². The van der Waals surface area contributed by atoms with Gasteiger partial charge in [0.2, 0.25) is 0 Å². The minimum atomic E-state index is -1.57. The molecule has 1 aromatic heterocycles. The van der Waals surface area contributed by atoms with Gasteiger partial charge in [-0.05, 0) is 32.4 Å². The molecule has 1 aliphatic heterocycles. The summed E-state index contributed by atoms with van der Waals surface area (Å²) in [7, 11) is -1.57.